The van der Waals surface area contributed by atoms with E-state index in [1.807, 2.05) is 18.2 Å². The lowest BCUT2D eigenvalue weighted by Gasteiger charge is -2.14. The van der Waals surface area contributed by atoms with E-state index in [1.54, 1.807) is 17.7 Å². The van der Waals surface area contributed by atoms with Gasteiger partial charge in [0.2, 0.25) is 5.88 Å². The molecule has 138 valence electrons. The Morgan fingerprint density at radius 1 is 1.07 bits per heavy atom. The molecular weight excluding hydrogens is 358 g/mol. The zero-order valence-corrected chi connectivity index (χ0v) is 16.6. The predicted molar refractivity (Wildman–Crippen MR) is 107 cm³/mol. The predicted octanol–water partition coefficient (Wildman–Crippen LogP) is 5.53. The van der Waals surface area contributed by atoms with E-state index in [4.69, 9.17) is 9.26 Å². The topological polar surface area (TPSA) is 61.0 Å². The number of hydrogen-bond acceptors (Lipinski definition) is 6. The first-order valence-electron chi connectivity index (χ1n) is 8.80. The lowest BCUT2D eigenvalue weighted by Crippen LogP contribution is -2.07. The first kappa shape index (κ1) is 17.7. The summed E-state index contributed by atoms with van der Waals surface area (Å²) in [6.45, 7) is 8.89. The molecule has 0 bridgehead atoms. The molecule has 0 saturated carbocycles. The smallest absolute Gasteiger partial charge is 0.225 e. The first-order chi connectivity index (χ1) is 12.9. The quantitative estimate of drug-likeness (QED) is 0.466. The van der Waals surface area contributed by atoms with Gasteiger partial charge in [-0.3, -0.25) is 0 Å². The van der Waals surface area contributed by atoms with Gasteiger partial charge in [-0.25, -0.2) is 9.97 Å². The minimum absolute atomic E-state index is 0.0660. The molecule has 5 nitrogen and oxygen atoms in total. The summed E-state index contributed by atoms with van der Waals surface area (Å²) in [4.78, 5) is 10.9. The molecule has 0 amide bonds. The van der Waals surface area contributed by atoms with Crippen LogP contribution in [0.5, 0.6) is 5.88 Å². The number of benzene rings is 1. The molecule has 27 heavy (non-hydrogen) atoms. The molecule has 0 spiro atoms. The molecular formula is C21H21N3O2S. The van der Waals surface area contributed by atoms with Crippen LogP contribution in [0.25, 0.3) is 21.5 Å². The highest BCUT2D eigenvalue weighted by molar-refractivity contribution is 7.18. The second-order valence-electron chi connectivity index (χ2n) is 7.59. The standard InChI is InChI=1S/C21H21N3O2S/c1-13-5-7-14(8-6-13)17-9-15(26-24-17)11-25-19-16-10-18(21(2,3)4)27-20(16)23-12-22-19/h5-10,12H,11H2,1-4H3. The highest BCUT2D eigenvalue weighted by atomic mass is 32.1. The van der Waals surface area contributed by atoms with Gasteiger partial charge in [-0.15, -0.1) is 11.3 Å². The molecule has 0 N–H and O–H groups in total. The summed E-state index contributed by atoms with van der Waals surface area (Å²) in [6.07, 6.45) is 1.54. The van der Waals surface area contributed by atoms with E-state index in [0.717, 1.165) is 21.5 Å². The van der Waals surface area contributed by atoms with Crippen molar-refractivity contribution in [3.8, 4) is 17.1 Å². The Hall–Kier alpha value is -2.73. The van der Waals surface area contributed by atoms with Gasteiger partial charge in [0.25, 0.3) is 0 Å². The van der Waals surface area contributed by atoms with Crippen LogP contribution in [-0.2, 0) is 12.0 Å². The second kappa shape index (κ2) is 6.78. The lowest BCUT2D eigenvalue weighted by molar-refractivity contribution is 0.244. The number of nitrogens with zero attached hydrogens (tertiary/aromatic N) is 3. The summed E-state index contributed by atoms with van der Waals surface area (Å²) in [5, 5.41) is 5.08. The number of rotatable bonds is 4. The molecule has 3 heterocycles. The van der Waals surface area contributed by atoms with E-state index in [0.29, 0.717) is 11.6 Å². The summed E-state index contributed by atoms with van der Waals surface area (Å²) < 4.78 is 11.3. The fourth-order valence-corrected chi connectivity index (χ4v) is 3.75. The monoisotopic (exact) mass is 379 g/mol. The van der Waals surface area contributed by atoms with E-state index in [9.17, 15) is 0 Å². The van der Waals surface area contributed by atoms with Crippen LogP contribution in [0, 0.1) is 6.92 Å². The van der Waals surface area contributed by atoms with Gasteiger partial charge in [0.05, 0.1) is 5.39 Å². The molecule has 6 heteroatoms. The Balaban J connectivity index is 1.54. The van der Waals surface area contributed by atoms with Gasteiger partial charge in [-0.1, -0.05) is 55.8 Å². The minimum Gasteiger partial charge on any atom is -0.469 e. The molecule has 4 aromatic rings. The van der Waals surface area contributed by atoms with E-state index >= 15 is 0 Å². The average Bonchev–Trinajstić information content (AvgIpc) is 3.27. The molecule has 0 aliphatic rings. The fourth-order valence-electron chi connectivity index (χ4n) is 2.70. The van der Waals surface area contributed by atoms with Crippen LogP contribution in [0.4, 0.5) is 0 Å². The third-order valence-corrected chi connectivity index (χ3v) is 5.76. The number of aromatic nitrogens is 3. The van der Waals surface area contributed by atoms with E-state index < -0.39 is 0 Å². The number of hydrogen-bond donors (Lipinski definition) is 0. The van der Waals surface area contributed by atoms with Crippen molar-refractivity contribution in [1.82, 2.24) is 15.1 Å². The molecule has 0 aliphatic carbocycles. The van der Waals surface area contributed by atoms with Gasteiger partial charge in [-0.05, 0) is 18.4 Å². The SMILES string of the molecule is Cc1ccc(-c2cc(COc3ncnc4sc(C(C)(C)C)cc34)on2)cc1. The van der Waals surface area contributed by atoms with Crippen LogP contribution < -0.4 is 4.74 Å². The normalized spacial score (nSPS) is 11.9. The number of ether oxygens (including phenoxy) is 1. The lowest BCUT2D eigenvalue weighted by atomic mass is 9.94. The van der Waals surface area contributed by atoms with Gasteiger partial charge < -0.3 is 9.26 Å². The molecule has 0 fully saturated rings. The van der Waals surface area contributed by atoms with Crippen molar-refractivity contribution in [2.75, 3.05) is 0 Å². The van der Waals surface area contributed by atoms with E-state index in [-0.39, 0.29) is 12.0 Å². The maximum atomic E-state index is 5.92. The maximum Gasteiger partial charge on any atom is 0.225 e. The maximum absolute atomic E-state index is 5.92. The van der Waals surface area contributed by atoms with Crippen LogP contribution in [0.15, 0.2) is 47.2 Å². The fraction of sp³-hybridized carbons (Fsp3) is 0.286. The molecule has 1 aromatic carbocycles. The largest absolute Gasteiger partial charge is 0.469 e. The zero-order valence-electron chi connectivity index (χ0n) is 15.8. The van der Waals surface area contributed by atoms with Crippen LogP contribution in [0.2, 0.25) is 0 Å². The molecule has 0 saturated heterocycles. The van der Waals surface area contributed by atoms with Crippen molar-refractivity contribution in [2.24, 2.45) is 0 Å². The second-order valence-corrected chi connectivity index (χ2v) is 8.62. The Morgan fingerprint density at radius 3 is 2.59 bits per heavy atom. The summed E-state index contributed by atoms with van der Waals surface area (Å²) in [5.41, 5.74) is 3.10. The molecule has 0 unspecified atom stereocenters. The Kier molecular flexibility index (Phi) is 4.44. The summed E-state index contributed by atoms with van der Waals surface area (Å²) >= 11 is 1.68. The Morgan fingerprint density at radius 2 is 1.85 bits per heavy atom. The van der Waals surface area contributed by atoms with Crippen molar-refractivity contribution in [1.29, 1.82) is 0 Å². The highest BCUT2D eigenvalue weighted by Gasteiger charge is 2.19. The number of fused-ring (bicyclic) bond motifs is 1. The molecule has 0 atom stereocenters. The van der Waals surface area contributed by atoms with Gasteiger partial charge in [0, 0.05) is 16.5 Å². The van der Waals surface area contributed by atoms with Gasteiger partial charge in [0.1, 0.15) is 16.9 Å². The minimum atomic E-state index is 0.0660. The van der Waals surface area contributed by atoms with Crippen LogP contribution in [0.3, 0.4) is 0 Å². The third kappa shape index (κ3) is 3.71. The third-order valence-electron chi connectivity index (χ3n) is 4.29. The highest BCUT2D eigenvalue weighted by Crippen LogP contribution is 2.36. The van der Waals surface area contributed by atoms with Crippen LogP contribution >= 0.6 is 11.3 Å². The van der Waals surface area contributed by atoms with Crippen molar-refractivity contribution in [2.45, 2.75) is 39.7 Å². The molecule has 3 aromatic heterocycles. The summed E-state index contributed by atoms with van der Waals surface area (Å²) in [5.74, 6) is 1.23. The Labute approximate surface area is 162 Å². The summed E-state index contributed by atoms with van der Waals surface area (Å²) in [6, 6.07) is 12.2. The number of thiophene rings is 1. The van der Waals surface area contributed by atoms with Crippen LogP contribution in [0.1, 0.15) is 37.0 Å². The molecule has 0 aliphatic heterocycles. The Bertz CT molecular complexity index is 1070. The number of aryl methyl sites for hydroxylation is 1. The van der Waals surface area contributed by atoms with Gasteiger partial charge in [0.15, 0.2) is 12.4 Å². The summed E-state index contributed by atoms with van der Waals surface area (Å²) in [7, 11) is 0. The van der Waals surface area contributed by atoms with Gasteiger partial charge in [-0.2, -0.15) is 0 Å². The van der Waals surface area contributed by atoms with Crippen molar-refractivity contribution in [3.05, 3.63) is 58.9 Å². The molecule has 0 radical (unpaired) electrons. The average molecular weight is 379 g/mol. The van der Waals surface area contributed by atoms with E-state index in [1.165, 1.54) is 10.4 Å². The van der Waals surface area contributed by atoms with Crippen LogP contribution in [-0.4, -0.2) is 15.1 Å². The van der Waals surface area contributed by atoms with E-state index in [2.05, 4.69) is 61.0 Å². The zero-order chi connectivity index (χ0) is 19.0. The van der Waals surface area contributed by atoms with Gasteiger partial charge >= 0.3 is 0 Å². The molecule has 4 rings (SSSR count). The van der Waals surface area contributed by atoms with Crippen molar-refractivity contribution < 1.29 is 9.26 Å². The first-order valence-corrected chi connectivity index (χ1v) is 9.62. The van der Waals surface area contributed by atoms with Crippen molar-refractivity contribution >= 4 is 21.6 Å². The van der Waals surface area contributed by atoms with Crippen molar-refractivity contribution in [3.63, 3.8) is 0 Å².